The zero-order valence-corrected chi connectivity index (χ0v) is 8.67. The summed E-state index contributed by atoms with van der Waals surface area (Å²) < 4.78 is 4.51. The molecule has 0 aromatic carbocycles. The van der Waals surface area contributed by atoms with Gasteiger partial charge >= 0.3 is 5.97 Å². The number of carbonyl (C=O) groups excluding carboxylic acids is 3. The number of ether oxygens (including phenoxy) is 1. The summed E-state index contributed by atoms with van der Waals surface area (Å²) in [6.07, 6.45) is 0.471. The zero-order chi connectivity index (χ0) is 11.3. The average molecular weight is 228 g/mol. The van der Waals surface area contributed by atoms with Crippen LogP contribution >= 0.6 is 11.3 Å². The number of carbonyl (C=O) groups is 3. The molecule has 1 aromatic heterocycles. The van der Waals surface area contributed by atoms with Crippen molar-refractivity contribution in [3.8, 4) is 0 Å². The lowest BCUT2D eigenvalue weighted by Gasteiger charge is -1.97. The average Bonchev–Trinajstić information content (AvgIpc) is 2.63. The molecule has 0 spiro atoms. The largest absolute Gasteiger partial charge is 0.457 e. The highest BCUT2D eigenvalue weighted by molar-refractivity contribution is 7.14. The molecule has 0 bridgehead atoms. The SMILES string of the molecule is CC(=O)OCC(=O)c1csc(NC=O)n1. The normalized spacial score (nSPS) is 9.40. The van der Waals surface area contributed by atoms with Crippen molar-refractivity contribution in [2.45, 2.75) is 6.92 Å². The first-order valence-electron chi connectivity index (χ1n) is 3.95. The van der Waals surface area contributed by atoms with Crippen LogP contribution in [0.5, 0.6) is 0 Å². The first kappa shape index (κ1) is 11.3. The van der Waals surface area contributed by atoms with Crippen LogP contribution in [-0.2, 0) is 14.3 Å². The number of aromatic nitrogens is 1. The van der Waals surface area contributed by atoms with Crippen LogP contribution in [0.3, 0.4) is 0 Å². The summed E-state index contributed by atoms with van der Waals surface area (Å²) in [6.45, 7) is 0.882. The number of nitrogens with zero attached hydrogens (tertiary/aromatic N) is 1. The van der Waals surface area contributed by atoms with Gasteiger partial charge in [0.2, 0.25) is 12.2 Å². The predicted octanol–water partition coefficient (Wildman–Crippen LogP) is 0.457. The Kier molecular flexibility index (Phi) is 3.92. The van der Waals surface area contributed by atoms with Gasteiger partial charge in [0.15, 0.2) is 11.7 Å². The lowest BCUT2D eigenvalue weighted by molar-refractivity contribution is -0.139. The van der Waals surface area contributed by atoms with E-state index in [1.54, 1.807) is 0 Å². The Morgan fingerprint density at radius 2 is 2.40 bits per heavy atom. The van der Waals surface area contributed by atoms with Crippen molar-refractivity contribution >= 4 is 34.6 Å². The third-order valence-electron chi connectivity index (χ3n) is 1.38. The highest BCUT2D eigenvalue weighted by Crippen LogP contribution is 2.14. The van der Waals surface area contributed by atoms with Crippen LogP contribution in [-0.4, -0.2) is 29.8 Å². The summed E-state index contributed by atoms with van der Waals surface area (Å²) in [5, 5.41) is 4.13. The molecule has 0 aliphatic carbocycles. The van der Waals surface area contributed by atoms with Crippen LogP contribution in [0.1, 0.15) is 17.4 Å². The fourth-order valence-corrected chi connectivity index (χ4v) is 1.43. The molecule has 0 atom stereocenters. The van der Waals surface area contributed by atoms with Gasteiger partial charge in [0, 0.05) is 12.3 Å². The van der Waals surface area contributed by atoms with E-state index in [-0.39, 0.29) is 12.3 Å². The Morgan fingerprint density at radius 3 is 3.00 bits per heavy atom. The molecule has 0 radical (unpaired) electrons. The molecule has 15 heavy (non-hydrogen) atoms. The van der Waals surface area contributed by atoms with Gasteiger partial charge in [0.05, 0.1) is 0 Å². The highest BCUT2D eigenvalue weighted by Gasteiger charge is 2.11. The molecular formula is C8H8N2O4S. The maximum Gasteiger partial charge on any atom is 0.303 e. The zero-order valence-electron chi connectivity index (χ0n) is 7.85. The van der Waals surface area contributed by atoms with E-state index in [9.17, 15) is 14.4 Å². The van der Waals surface area contributed by atoms with Gasteiger partial charge in [-0.1, -0.05) is 0 Å². The fraction of sp³-hybridized carbons (Fsp3) is 0.250. The summed E-state index contributed by atoms with van der Waals surface area (Å²) in [5.41, 5.74) is 0.172. The van der Waals surface area contributed by atoms with Crippen molar-refractivity contribution in [3.05, 3.63) is 11.1 Å². The van der Waals surface area contributed by atoms with Crippen molar-refractivity contribution in [1.82, 2.24) is 4.98 Å². The molecule has 1 amide bonds. The van der Waals surface area contributed by atoms with E-state index < -0.39 is 11.8 Å². The van der Waals surface area contributed by atoms with Gasteiger partial charge < -0.3 is 10.1 Å². The molecule has 6 nitrogen and oxygen atoms in total. The van der Waals surface area contributed by atoms with Crippen LogP contribution in [0.15, 0.2) is 5.38 Å². The standard InChI is InChI=1S/C8H8N2O4S/c1-5(12)14-2-7(13)6-3-15-8(10-6)9-4-11/h3-4H,2H2,1H3,(H,9,10,11). The number of hydrogen-bond acceptors (Lipinski definition) is 6. The van der Waals surface area contributed by atoms with Gasteiger partial charge in [-0.2, -0.15) is 0 Å². The third-order valence-corrected chi connectivity index (χ3v) is 2.15. The summed E-state index contributed by atoms with van der Waals surface area (Å²) in [5.74, 6) is -0.926. The minimum Gasteiger partial charge on any atom is -0.457 e. The van der Waals surface area contributed by atoms with E-state index in [1.807, 2.05) is 0 Å². The van der Waals surface area contributed by atoms with E-state index in [0.717, 1.165) is 11.3 Å². The number of hydrogen-bond donors (Lipinski definition) is 1. The van der Waals surface area contributed by atoms with Crippen molar-refractivity contribution in [3.63, 3.8) is 0 Å². The minimum atomic E-state index is -0.523. The second-order valence-electron chi connectivity index (χ2n) is 2.50. The van der Waals surface area contributed by atoms with Crippen LogP contribution in [0.2, 0.25) is 0 Å². The molecule has 0 fully saturated rings. The molecule has 1 N–H and O–H groups in total. The number of ketones is 1. The van der Waals surface area contributed by atoms with E-state index >= 15 is 0 Å². The monoisotopic (exact) mass is 228 g/mol. The van der Waals surface area contributed by atoms with Crippen molar-refractivity contribution in [1.29, 1.82) is 0 Å². The summed E-state index contributed by atoms with van der Waals surface area (Å²) in [7, 11) is 0. The lowest BCUT2D eigenvalue weighted by atomic mass is 10.3. The van der Waals surface area contributed by atoms with Gasteiger partial charge in [0.1, 0.15) is 5.69 Å². The molecule has 80 valence electrons. The third kappa shape index (κ3) is 3.47. The van der Waals surface area contributed by atoms with Gasteiger partial charge in [-0.15, -0.1) is 11.3 Å². The van der Waals surface area contributed by atoms with Crippen LogP contribution in [0.4, 0.5) is 5.13 Å². The molecule has 0 saturated heterocycles. The molecule has 0 unspecified atom stereocenters. The molecule has 1 aromatic rings. The molecule has 1 heterocycles. The van der Waals surface area contributed by atoms with Gasteiger partial charge in [0.25, 0.3) is 0 Å². The Balaban J connectivity index is 2.57. The second kappa shape index (κ2) is 5.20. The quantitative estimate of drug-likeness (QED) is 0.449. The number of anilines is 1. The smallest absolute Gasteiger partial charge is 0.303 e. The molecule has 0 aliphatic rings. The minimum absolute atomic E-state index is 0.172. The Hall–Kier alpha value is -1.76. The maximum absolute atomic E-state index is 11.3. The molecule has 0 saturated carbocycles. The topological polar surface area (TPSA) is 85.4 Å². The highest BCUT2D eigenvalue weighted by atomic mass is 32.1. The van der Waals surface area contributed by atoms with Gasteiger partial charge in [-0.3, -0.25) is 14.4 Å². The van der Waals surface area contributed by atoms with Gasteiger partial charge in [-0.25, -0.2) is 4.98 Å². The Labute approximate surface area is 89.3 Å². The Morgan fingerprint density at radius 1 is 1.67 bits per heavy atom. The first-order valence-corrected chi connectivity index (χ1v) is 4.83. The van der Waals surface area contributed by atoms with Crippen molar-refractivity contribution in [2.75, 3.05) is 11.9 Å². The van der Waals surface area contributed by atoms with Crippen molar-refractivity contribution < 1.29 is 19.1 Å². The summed E-state index contributed by atoms with van der Waals surface area (Å²) in [6, 6.07) is 0. The van der Waals surface area contributed by atoms with Crippen LogP contribution in [0, 0.1) is 0 Å². The van der Waals surface area contributed by atoms with Gasteiger partial charge in [-0.05, 0) is 0 Å². The summed E-state index contributed by atoms with van der Waals surface area (Å²) in [4.78, 5) is 35.6. The van der Waals surface area contributed by atoms with Crippen molar-refractivity contribution in [2.24, 2.45) is 0 Å². The number of thiazole rings is 1. The molecule has 7 heteroatoms. The number of amides is 1. The van der Waals surface area contributed by atoms with Crippen LogP contribution in [0.25, 0.3) is 0 Å². The maximum atomic E-state index is 11.3. The Bertz CT molecular complexity index is 388. The van der Waals surface area contributed by atoms with E-state index in [2.05, 4.69) is 15.0 Å². The van der Waals surface area contributed by atoms with E-state index in [4.69, 9.17) is 0 Å². The number of rotatable bonds is 5. The first-order chi connectivity index (χ1) is 7.13. The number of esters is 1. The van der Waals surface area contributed by atoms with E-state index in [1.165, 1.54) is 12.3 Å². The molecular weight excluding hydrogens is 220 g/mol. The second-order valence-corrected chi connectivity index (χ2v) is 3.36. The molecule has 1 rings (SSSR count). The van der Waals surface area contributed by atoms with Crippen LogP contribution < -0.4 is 5.32 Å². The fourth-order valence-electron chi connectivity index (χ4n) is 0.760. The lowest BCUT2D eigenvalue weighted by Crippen LogP contribution is -2.12. The van der Waals surface area contributed by atoms with E-state index in [0.29, 0.717) is 11.5 Å². The molecule has 0 aliphatic heterocycles. The number of nitrogens with one attached hydrogen (secondary N) is 1. The summed E-state index contributed by atoms with van der Waals surface area (Å²) >= 11 is 1.12. The predicted molar refractivity (Wildman–Crippen MR) is 52.8 cm³/mol. The number of Topliss-reactive ketones (excluding diaryl/α,β-unsaturated/α-hetero) is 1.